The molecule has 1 aliphatic heterocycles. The SMILES string of the molecule is CNCC1OCCN(C2CC2)C1c1ccccc1Br. The molecule has 3 rings (SSSR count). The molecule has 0 spiro atoms. The highest BCUT2D eigenvalue weighted by Gasteiger charge is 2.41. The number of likely N-dealkylation sites (N-methyl/N-ethyl adjacent to an activating group) is 1. The van der Waals surface area contributed by atoms with Gasteiger partial charge in [-0.2, -0.15) is 0 Å². The minimum absolute atomic E-state index is 0.234. The molecule has 1 aromatic carbocycles. The van der Waals surface area contributed by atoms with Crippen molar-refractivity contribution >= 4 is 15.9 Å². The van der Waals surface area contributed by atoms with Crippen LogP contribution in [0.5, 0.6) is 0 Å². The monoisotopic (exact) mass is 324 g/mol. The van der Waals surface area contributed by atoms with Crippen molar-refractivity contribution in [2.45, 2.75) is 31.0 Å². The van der Waals surface area contributed by atoms with Crippen molar-refractivity contribution in [1.29, 1.82) is 0 Å². The normalized spacial score (nSPS) is 28.5. The summed E-state index contributed by atoms with van der Waals surface area (Å²) in [6.45, 7) is 2.80. The minimum Gasteiger partial charge on any atom is -0.374 e. The lowest BCUT2D eigenvalue weighted by Gasteiger charge is -2.42. The average Bonchev–Trinajstić information content (AvgIpc) is 3.24. The summed E-state index contributed by atoms with van der Waals surface area (Å²) < 4.78 is 7.22. The Hall–Kier alpha value is -0.420. The maximum Gasteiger partial charge on any atom is 0.0896 e. The van der Waals surface area contributed by atoms with Crippen LogP contribution in [-0.2, 0) is 4.74 Å². The third kappa shape index (κ3) is 2.87. The summed E-state index contributed by atoms with van der Waals surface area (Å²) >= 11 is 3.70. The molecule has 0 amide bonds. The number of nitrogens with one attached hydrogen (secondary N) is 1. The van der Waals surface area contributed by atoms with Crippen LogP contribution in [0, 0.1) is 0 Å². The van der Waals surface area contributed by atoms with Crippen molar-refractivity contribution in [3.8, 4) is 0 Å². The Labute approximate surface area is 123 Å². The standard InChI is InChI=1S/C15H21BrN2O/c1-17-10-14-15(12-4-2-3-5-13(12)16)18(8-9-19-14)11-6-7-11/h2-5,11,14-15,17H,6-10H2,1H3. The third-order valence-corrected chi connectivity index (χ3v) is 4.76. The lowest BCUT2D eigenvalue weighted by atomic mass is 9.97. The fourth-order valence-corrected chi connectivity index (χ4v) is 3.55. The van der Waals surface area contributed by atoms with Gasteiger partial charge in [0.1, 0.15) is 0 Å². The lowest BCUT2D eigenvalue weighted by Crippen LogP contribution is -2.49. The zero-order valence-electron chi connectivity index (χ0n) is 11.3. The maximum absolute atomic E-state index is 6.02. The van der Waals surface area contributed by atoms with E-state index in [-0.39, 0.29) is 6.10 Å². The lowest BCUT2D eigenvalue weighted by molar-refractivity contribution is -0.0742. The molecule has 4 heteroatoms. The number of nitrogens with zero attached hydrogens (tertiary/aromatic N) is 1. The van der Waals surface area contributed by atoms with E-state index < -0.39 is 0 Å². The van der Waals surface area contributed by atoms with E-state index in [0.717, 1.165) is 25.7 Å². The average molecular weight is 325 g/mol. The number of hydrogen-bond acceptors (Lipinski definition) is 3. The zero-order chi connectivity index (χ0) is 13.2. The van der Waals surface area contributed by atoms with Crippen LogP contribution >= 0.6 is 15.9 Å². The van der Waals surface area contributed by atoms with Gasteiger partial charge in [-0.15, -0.1) is 0 Å². The van der Waals surface area contributed by atoms with Gasteiger partial charge in [0.2, 0.25) is 0 Å². The molecule has 1 heterocycles. The van der Waals surface area contributed by atoms with Gasteiger partial charge in [0.25, 0.3) is 0 Å². The van der Waals surface area contributed by atoms with Crippen LogP contribution in [-0.4, -0.2) is 43.8 Å². The van der Waals surface area contributed by atoms with Crippen molar-refractivity contribution < 1.29 is 4.74 Å². The number of halogens is 1. The minimum atomic E-state index is 0.234. The molecule has 3 nitrogen and oxygen atoms in total. The van der Waals surface area contributed by atoms with Gasteiger partial charge < -0.3 is 10.1 Å². The van der Waals surface area contributed by atoms with Crippen LogP contribution in [0.4, 0.5) is 0 Å². The Bertz CT molecular complexity index is 434. The molecule has 1 saturated heterocycles. The Morgan fingerprint density at radius 1 is 1.37 bits per heavy atom. The van der Waals surface area contributed by atoms with Gasteiger partial charge >= 0.3 is 0 Å². The van der Waals surface area contributed by atoms with Gasteiger partial charge in [-0.3, -0.25) is 4.90 Å². The summed E-state index contributed by atoms with van der Waals surface area (Å²) in [5.41, 5.74) is 1.36. The van der Waals surface area contributed by atoms with Crippen LogP contribution in [0.15, 0.2) is 28.7 Å². The van der Waals surface area contributed by atoms with E-state index in [2.05, 4.69) is 50.4 Å². The quantitative estimate of drug-likeness (QED) is 0.921. The molecule has 2 aliphatic rings. The summed E-state index contributed by atoms with van der Waals surface area (Å²) in [4.78, 5) is 2.64. The molecule has 19 heavy (non-hydrogen) atoms. The second kappa shape index (κ2) is 5.92. The molecule has 1 N–H and O–H groups in total. The van der Waals surface area contributed by atoms with Crippen LogP contribution in [0.25, 0.3) is 0 Å². The second-order valence-electron chi connectivity index (χ2n) is 5.40. The highest BCUT2D eigenvalue weighted by atomic mass is 79.9. The van der Waals surface area contributed by atoms with E-state index in [1.54, 1.807) is 0 Å². The van der Waals surface area contributed by atoms with Crippen molar-refractivity contribution in [3.05, 3.63) is 34.3 Å². The van der Waals surface area contributed by atoms with E-state index in [1.165, 1.54) is 22.9 Å². The van der Waals surface area contributed by atoms with Crippen LogP contribution in [0.1, 0.15) is 24.4 Å². The van der Waals surface area contributed by atoms with Crippen molar-refractivity contribution in [2.75, 3.05) is 26.7 Å². The highest BCUT2D eigenvalue weighted by Crippen LogP contribution is 2.40. The molecule has 2 unspecified atom stereocenters. The third-order valence-electron chi connectivity index (χ3n) is 4.04. The fraction of sp³-hybridized carbons (Fsp3) is 0.600. The van der Waals surface area contributed by atoms with Gasteiger partial charge in [0.05, 0.1) is 18.8 Å². The molecule has 1 saturated carbocycles. The summed E-state index contributed by atoms with van der Waals surface area (Å²) in [7, 11) is 2.00. The Morgan fingerprint density at radius 3 is 2.84 bits per heavy atom. The molecule has 104 valence electrons. The first-order chi connectivity index (χ1) is 9.31. The van der Waals surface area contributed by atoms with E-state index in [4.69, 9.17) is 4.74 Å². The second-order valence-corrected chi connectivity index (χ2v) is 6.26. The largest absolute Gasteiger partial charge is 0.374 e. The summed E-state index contributed by atoms with van der Waals surface area (Å²) in [6, 6.07) is 9.68. The Balaban J connectivity index is 1.92. The smallest absolute Gasteiger partial charge is 0.0896 e. The van der Waals surface area contributed by atoms with Gasteiger partial charge in [-0.05, 0) is 31.5 Å². The predicted molar refractivity (Wildman–Crippen MR) is 80.3 cm³/mol. The molecule has 1 aromatic rings. The first-order valence-electron chi connectivity index (χ1n) is 7.07. The molecule has 0 bridgehead atoms. The molecule has 2 atom stereocenters. The van der Waals surface area contributed by atoms with Crippen LogP contribution in [0.3, 0.4) is 0 Å². The summed E-state index contributed by atoms with van der Waals surface area (Å²) in [5.74, 6) is 0. The van der Waals surface area contributed by atoms with Crippen molar-refractivity contribution in [3.63, 3.8) is 0 Å². The van der Waals surface area contributed by atoms with Crippen LogP contribution < -0.4 is 5.32 Å². The van der Waals surface area contributed by atoms with Gasteiger partial charge in [-0.25, -0.2) is 0 Å². The van der Waals surface area contributed by atoms with Gasteiger partial charge in [-0.1, -0.05) is 34.1 Å². The number of ether oxygens (including phenoxy) is 1. The fourth-order valence-electron chi connectivity index (χ4n) is 3.03. The van der Waals surface area contributed by atoms with Gasteiger partial charge in [0, 0.05) is 23.6 Å². The molecular formula is C15H21BrN2O. The molecule has 2 fully saturated rings. The van der Waals surface area contributed by atoms with Crippen molar-refractivity contribution in [2.24, 2.45) is 0 Å². The highest BCUT2D eigenvalue weighted by molar-refractivity contribution is 9.10. The molecular weight excluding hydrogens is 304 g/mol. The maximum atomic E-state index is 6.02. The van der Waals surface area contributed by atoms with Crippen molar-refractivity contribution in [1.82, 2.24) is 10.2 Å². The molecule has 0 radical (unpaired) electrons. The van der Waals surface area contributed by atoms with E-state index >= 15 is 0 Å². The number of hydrogen-bond donors (Lipinski definition) is 1. The van der Waals surface area contributed by atoms with Crippen LogP contribution in [0.2, 0.25) is 0 Å². The first-order valence-corrected chi connectivity index (χ1v) is 7.87. The topological polar surface area (TPSA) is 24.5 Å². The number of morpholine rings is 1. The van der Waals surface area contributed by atoms with E-state index in [9.17, 15) is 0 Å². The predicted octanol–water partition coefficient (Wildman–Crippen LogP) is 2.57. The molecule has 1 aliphatic carbocycles. The van der Waals surface area contributed by atoms with E-state index in [0.29, 0.717) is 6.04 Å². The summed E-state index contributed by atoms with van der Waals surface area (Å²) in [6.07, 6.45) is 2.92. The first kappa shape index (κ1) is 13.6. The van der Waals surface area contributed by atoms with E-state index in [1.807, 2.05) is 7.05 Å². The summed E-state index contributed by atoms with van der Waals surface area (Å²) in [5, 5.41) is 3.27. The Morgan fingerprint density at radius 2 is 2.16 bits per heavy atom. The van der Waals surface area contributed by atoms with Gasteiger partial charge in [0.15, 0.2) is 0 Å². The zero-order valence-corrected chi connectivity index (χ0v) is 12.9. The Kier molecular flexibility index (Phi) is 4.22. The number of benzene rings is 1. The number of rotatable bonds is 4. The molecule has 0 aromatic heterocycles.